The van der Waals surface area contributed by atoms with Crippen molar-refractivity contribution in [3.63, 3.8) is 0 Å². The van der Waals surface area contributed by atoms with Crippen molar-refractivity contribution in [3.05, 3.63) is 23.8 Å². The van der Waals surface area contributed by atoms with E-state index in [1.807, 2.05) is 13.2 Å². The van der Waals surface area contributed by atoms with Gasteiger partial charge in [-0.25, -0.2) is 4.39 Å². The van der Waals surface area contributed by atoms with Crippen molar-refractivity contribution < 1.29 is 23.5 Å². The average Bonchev–Trinajstić information content (AvgIpc) is 2.86. The molecule has 4 nitrogen and oxygen atoms in total. The van der Waals surface area contributed by atoms with Gasteiger partial charge in [-0.1, -0.05) is 18.6 Å². The molecule has 3 fully saturated rings. The van der Waals surface area contributed by atoms with Gasteiger partial charge in [0.2, 0.25) is 0 Å². The minimum atomic E-state index is -1.84. The fraction of sp³-hybridized carbons (Fsp3) is 0.682. The largest absolute Gasteiger partial charge is 0.459 e. The minimum Gasteiger partial charge on any atom is -0.459 e. The maximum Gasteiger partial charge on any atom is 0.303 e. The molecule has 3 saturated carbocycles. The first-order valence-corrected chi connectivity index (χ1v) is 11.2. The van der Waals surface area contributed by atoms with Crippen LogP contribution in [0, 0.1) is 22.7 Å². The van der Waals surface area contributed by atoms with Crippen LogP contribution in [0.4, 0.5) is 4.39 Å². The number of allylic oxidation sites excluding steroid dienone is 4. The summed E-state index contributed by atoms with van der Waals surface area (Å²) in [5, 5.41) is -0.201. The van der Waals surface area contributed by atoms with Crippen LogP contribution in [0.15, 0.2) is 23.8 Å². The summed E-state index contributed by atoms with van der Waals surface area (Å²) in [4.78, 5) is 36.6. The molecule has 7 atom stereocenters. The number of carbonyl (C=O) groups excluding carboxylic acids is 3. The van der Waals surface area contributed by atoms with Crippen molar-refractivity contribution in [1.29, 1.82) is 0 Å². The van der Waals surface area contributed by atoms with Crippen molar-refractivity contribution >= 4 is 29.3 Å². The molecular weight excluding hydrogens is 379 g/mol. The zero-order valence-corrected chi connectivity index (χ0v) is 17.6. The molecule has 0 bridgehead atoms. The van der Waals surface area contributed by atoms with Gasteiger partial charge in [-0.3, -0.25) is 14.4 Å². The Morgan fingerprint density at radius 3 is 2.64 bits per heavy atom. The van der Waals surface area contributed by atoms with Gasteiger partial charge in [-0.2, -0.15) is 11.8 Å². The molecule has 4 aliphatic carbocycles. The third-order valence-corrected chi connectivity index (χ3v) is 9.18. The molecule has 0 N–H and O–H groups in total. The van der Waals surface area contributed by atoms with Crippen LogP contribution in [0.25, 0.3) is 0 Å². The third-order valence-electron chi connectivity index (χ3n) is 7.91. The standard InChI is InChI=1S/C22H27FO4S/c1-12(24)27-18-11-20(2)16(10-17(26)19(20)28-4)15-6-5-13-9-14(25)7-8-21(13,3)22(15,18)23/h7-9,15-16,18-19H,5-6,10-11H2,1-4H3/t15-,16-,18-,19?,20-,21-,22?/m0/s1. The van der Waals surface area contributed by atoms with Gasteiger partial charge in [0.15, 0.2) is 11.5 Å². The zero-order valence-electron chi connectivity index (χ0n) is 16.8. The summed E-state index contributed by atoms with van der Waals surface area (Å²) < 4.78 is 22.9. The second kappa shape index (κ2) is 6.28. The lowest BCUT2D eigenvalue weighted by atomic mass is 9.46. The predicted molar refractivity (Wildman–Crippen MR) is 106 cm³/mol. The number of halogens is 1. The number of ether oxygens (including phenoxy) is 1. The number of hydrogen-bond acceptors (Lipinski definition) is 5. The van der Waals surface area contributed by atoms with Crippen molar-refractivity contribution in [3.8, 4) is 0 Å². The lowest BCUT2D eigenvalue weighted by Crippen LogP contribution is -2.67. The van der Waals surface area contributed by atoms with E-state index in [1.165, 1.54) is 24.8 Å². The molecule has 0 radical (unpaired) electrons. The van der Waals surface area contributed by atoms with Crippen molar-refractivity contribution in [2.45, 2.75) is 63.5 Å². The lowest BCUT2D eigenvalue weighted by molar-refractivity contribution is -0.208. The van der Waals surface area contributed by atoms with Crippen molar-refractivity contribution in [1.82, 2.24) is 0 Å². The van der Waals surface area contributed by atoms with Gasteiger partial charge in [0.05, 0.1) is 5.25 Å². The van der Waals surface area contributed by atoms with E-state index in [0.717, 1.165) is 5.57 Å². The maximum absolute atomic E-state index is 17.3. The van der Waals surface area contributed by atoms with Crippen LogP contribution in [0.1, 0.15) is 46.5 Å². The summed E-state index contributed by atoms with van der Waals surface area (Å²) >= 11 is 1.52. The number of hydrogen-bond donors (Lipinski definition) is 0. The Kier molecular flexibility index (Phi) is 4.46. The van der Waals surface area contributed by atoms with E-state index < -0.39 is 34.5 Å². The molecule has 2 unspecified atom stereocenters. The Hall–Kier alpha value is -1.43. The normalized spacial score (nSPS) is 47.1. The van der Waals surface area contributed by atoms with Crippen LogP contribution in [0.2, 0.25) is 0 Å². The van der Waals surface area contributed by atoms with Gasteiger partial charge in [0.25, 0.3) is 0 Å². The maximum atomic E-state index is 17.3. The highest BCUT2D eigenvalue weighted by molar-refractivity contribution is 8.00. The monoisotopic (exact) mass is 406 g/mol. The molecule has 0 aliphatic heterocycles. The van der Waals surface area contributed by atoms with Crippen LogP contribution in [0.5, 0.6) is 0 Å². The summed E-state index contributed by atoms with van der Waals surface area (Å²) in [5.74, 6) is -0.942. The fourth-order valence-electron chi connectivity index (χ4n) is 6.66. The van der Waals surface area contributed by atoms with Gasteiger partial charge in [-0.15, -0.1) is 0 Å². The second-order valence-electron chi connectivity index (χ2n) is 9.22. The van der Waals surface area contributed by atoms with Crippen molar-refractivity contribution in [2.24, 2.45) is 22.7 Å². The summed E-state index contributed by atoms with van der Waals surface area (Å²) in [6, 6.07) is 0. The van der Waals surface area contributed by atoms with Gasteiger partial charge in [0, 0.05) is 24.7 Å². The van der Waals surface area contributed by atoms with Crippen molar-refractivity contribution in [2.75, 3.05) is 6.26 Å². The van der Waals surface area contributed by atoms with E-state index in [1.54, 1.807) is 12.2 Å². The predicted octanol–water partition coefficient (Wildman–Crippen LogP) is 3.84. The Morgan fingerprint density at radius 1 is 1.29 bits per heavy atom. The van der Waals surface area contributed by atoms with Crippen LogP contribution >= 0.6 is 11.8 Å². The highest BCUT2D eigenvalue weighted by atomic mass is 32.2. The molecular formula is C22H27FO4S. The molecule has 0 aromatic rings. The van der Waals surface area contributed by atoms with Gasteiger partial charge >= 0.3 is 5.97 Å². The lowest BCUT2D eigenvalue weighted by Gasteiger charge is -2.62. The van der Waals surface area contributed by atoms with Gasteiger partial charge < -0.3 is 4.74 Å². The van der Waals surface area contributed by atoms with E-state index in [-0.39, 0.29) is 22.7 Å². The molecule has 6 heteroatoms. The number of fused-ring (bicyclic) bond motifs is 5. The molecule has 0 amide bonds. The topological polar surface area (TPSA) is 60.4 Å². The molecule has 0 saturated heterocycles. The molecule has 0 aromatic carbocycles. The fourth-order valence-corrected chi connectivity index (χ4v) is 7.83. The molecule has 28 heavy (non-hydrogen) atoms. The Balaban J connectivity index is 1.87. The summed E-state index contributed by atoms with van der Waals surface area (Å²) in [7, 11) is 0. The molecule has 4 aliphatic rings. The third kappa shape index (κ3) is 2.39. The molecule has 152 valence electrons. The Labute approximate surface area is 169 Å². The van der Waals surface area contributed by atoms with E-state index in [9.17, 15) is 14.4 Å². The van der Waals surface area contributed by atoms with Gasteiger partial charge in [-0.05, 0) is 55.9 Å². The number of alkyl halides is 1. The van der Waals surface area contributed by atoms with E-state index >= 15 is 4.39 Å². The van der Waals surface area contributed by atoms with Gasteiger partial charge in [0.1, 0.15) is 11.9 Å². The quantitative estimate of drug-likeness (QED) is 0.652. The number of esters is 1. The number of Topliss-reactive ketones (excluding diaryl/α,β-unsaturated/α-hetero) is 1. The van der Waals surface area contributed by atoms with E-state index in [4.69, 9.17) is 4.74 Å². The molecule has 4 rings (SSSR count). The molecule has 0 aromatic heterocycles. The molecule has 0 spiro atoms. The number of thioether (sulfide) groups is 1. The summed E-state index contributed by atoms with van der Waals surface area (Å²) in [5.41, 5.74) is -2.48. The summed E-state index contributed by atoms with van der Waals surface area (Å²) in [6.45, 7) is 5.18. The summed E-state index contributed by atoms with van der Waals surface area (Å²) in [6.07, 6.45) is 7.51. The van der Waals surface area contributed by atoms with E-state index in [2.05, 4.69) is 6.92 Å². The zero-order chi connectivity index (χ0) is 20.5. The highest BCUT2D eigenvalue weighted by Crippen LogP contribution is 2.68. The Bertz CT molecular complexity index is 819. The minimum absolute atomic E-state index is 0.0846. The first-order chi connectivity index (χ1) is 13.1. The smallest absolute Gasteiger partial charge is 0.303 e. The molecule has 0 heterocycles. The first-order valence-electron chi connectivity index (χ1n) is 9.94. The van der Waals surface area contributed by atoms with Crippen LogP contribution in [-0.2, 0) is 19.1 Å². The first kappa shape index (κ1) is 19.9. The average molecular weight is 407 g/mol. The number of rotatable bonds is 2. The SMILES string of the molecule is CSC1C(=O)C[C@H]2[C@@H]3CCC4=CC(=O)C=C[C@]4(C)C3(F)[C@@H](OC(C)=O)C[C@]12C. The Morgan fingerprint density at radius 2 is 2.00 bits per heavy atom. The van der Waals surface area contributed by atoms with Crippen LogP contribution in [-0.4, -0.2) is 40.8 Å². The highest BCUT2D eigenvalue weighted by Gasteiger charge is 2.72. The number of ketones is 2. The van der Waals surface area contributed by atoms with E-state index in [0.29, 0.717) is 25.7 Å². The van der Waals surface area contributed by atoms with Crippen LogP contribution in [0.3, 0.4) is 0 Å². The number of carbonyl (C=O) groups is 3. The van der Waals surface area contributed by atoms with Crippen LogP contribution < -0.4 is 0 Å². The second-order valence-corrected chi connectivity index (χ2v) is 10.2.